The van der Waals surface area contributed by atoms with Crippen molar-refractivity contribution >= 4 is 0 Å². The Morgan fingerprint density at radius 2 is 1.69 bits per heavy atom. The van der Waals surface area contributed by atoms with Gasteiger partial charge in [-0.05, 0) is 43.7 Å². The highest BCUT2D eigenvalue weighted by Crippen LogP contribution is 2.19. The number of halogens is 1. The van der Waals surface area contributed by atoms with E-state index >= 15 is 0 Å². The minimum atomic E-state index is -0.338. The second-order valence-corrected chi connectivity index (χ2v) is 6.36. The van der Waals surface area contributed by atoms with Crippen molar-refractivity contribution in [2.75, 3.05) is 6.61 Å². The van der Waals surface area contributed by atoms with Gasteiger partial charge in [0.15, 0.2) is 0 Å². The van der Waals surface area contributed by atoms with Crippen LogP contribution in [0.1, 0.15) is 22.4 Å². The van der Waals surface area contributed by atoms with Crippen LogP contribution in [0.4, 0.5) is 4.39 Å². The topological polar surface area (TPSA) is 55.1 Å². The Balaban J connectivity index is 2.17. The molecule has 1 heterocycles. The summed E-state index contributed by atoms with van der Waals surface area (Å²) in [4.78, 5) is 17.6. The molecule has 0 unspecified atom stereocenters. The van der Waals surface area contributed by atoms with Crippen LogP contribution in [0.2, 0.25) is 0 Å². The molecular weight excluding hydrogens is 331 g/mol. The maximum atomic E-state index is 13.3. The van der Waals surface area contributed by atoms with Crippen LogP contribution in [0.15, 0.2) is 53.3 Å². The first kappa shape index (κ1) is 18.0. The van der Waals surface area contributed by atoms with E-state index in [4.69, 9.17) is 0 Å². The normalized spacial score (nSPS) is 10.9. The molecule has 0 amide bonds. The van der Waals surface area contributed by atoms with E-state index in [0.29, 0.717) is 29.2 Å². The van der Waals surface area contributed by atoms with Gasteiger partial charge in [-0.15, -0.1) is 0 Å². The predicted molar refractivity (Wildman–Crippen MR) is 99.7 cm³/mol. The van der Waals surface area contributed by atoms with Gasteiger partial charge < -0.3 is 5.11 Å². The van der Waals surface area contributed by atoms with Crippen molar-refractivity contribution in [2.45, 2.75) is 26.8 Å². The lowest BCUT2D eigenvalue weighted by Crippen LogP contribution is -2.29. The highest BCUT2D eigenvalue weighted by molar-refractivity contribution is 5.56. The first-order valence-corrected chi connectivity index (χ1v) is 8.52. The average Bonchev–Trinajstić information content (AvgIpc) is 2.63. The number of hydrogen-bond donors (Lipinski definition) is 1. The van der Waals surface area contributed by atoms with Gasteiger partial charge in [-0.1, -0.05) is 29.8 Å². The van der Waals surface area contributed by atoms with Gasteiger partial charge in [-0.25, -0.2) is 9.37 Å². The molecular formula is C21H21FN2O2. The van der Waals surface area contributed by atoms with E-state index in [1.807, 2.05) is 31.2 Å². The van der Waals surface area contributed by atoms with Crippen molar-refractivity contribution in [3.63, 3.8) is 0 Å². The Kier molecular flexibility index (Phi) is 5.28. The second-order valence-electron chi connectivity index (χ2n) is 6.36. The minimum absolute atomic E-state index is 0.113. The summed E-state index contributed by atoms with van der Waals surface area (Å²) in [5.74, 6) is 0.157. The Morgan fingerprint density at radius 1 is 1.04 bits per heavy atom. The fraction of sp³-hybridized carbons (Fsp3) is 0.238. The first-order chi connectivity index (χ1) is 12.5. The zero-order chi connectivity index (χ0) is 18.7. The van der Waals surface area contributed by atoms with E-state index in [2.05, 4.69) is 4.98 Å². The van der Waals surface area contributed by atoms with Crippen LogP contribution in [-0.4, -0.2) is 21.3 Å². The van der Waals surface area contributed by atoms with Crippen molar-refractivity contribution in [1.29, 1.82) is 0 Å². The van der Waals surface area contributed by atoms with Crippen molar-refractivity contribution in [1.82, 2.24) is 9.55 Å². The molecule has 2 aromatic carbocycles. The molecule has 0 aliphatic heterocycles. The summed E-state index contributed by atoms with van der Waals surface area (Å²) in [6.45, 7) is 4.01. The van der Waals surface area contributed by atoms with Gasteiger partial charge in [0.05, 0.1) is 6.54 Å². The van der Waals surface area contributed by atoms with Crippen LogP contribution >= 0.6 is 0 Å². The molecule has 0 fully saturated rings. The number of aliphatic hydroxyl groups is 1. The van der Waals surface area contributed by atoms with Gasteiger partial charge in [0.1, 0.15) is 11.6 Å². The lowest BCUT2D eigenvalue weighted by atomic mass is 10.1. The zero-order valence-corrected chi connectivity index (χ0v) is 14.9. The lowest BCUT2D eigenvalue weighted by molar-refractivity contribution is 0.298. The molecule has 0 spiro atoms. The summed E-state index contributed by atoms with van der Waals surface area (Å²) in [5.41, 5.74) is 3.71. The van der Waals surface area contributed by atoms with Crippen LogP contribution in [0.5, 0.6) is 0 Å². The highest BCUT2D eigenvalue weighted by atomic mass is 19.1. The summed E-state index contributed by atoms with van der Waals surface area (Å²) in [6.07, 6.45) is 0.259. The first-order valence-electron chi connectivity index (χ1n) is 8.52. The predicted octanol–water partition coefficient (Wildman–Crippen LogP) is 3.25. The third kappa shape index (κ3) is 3.73. The van der Waals surface area contributed by atoms with E-state index in [1.54, 1.807) is 23.6 Å². The van der Waals surface area contributed by atoms with Gasteiger partial charge in [0.2, 0.25) is 0 Å². The number of aliphatic hydroxyl groups excluding tert-OH is 1. The number of aryl methyl sites for hydroxylation is 2. The zero-order valence-electron chi connectivity index (χ0n) is 14.9. The van der Waals surface area contributed by atoms with Crippen LogP contribution in [-0.2, 0) is 13.0 Å². The maximum Gasteiger partial charge on any atom is 0.257 e. The Labute approximate surface area is 151 Å². The number of aromatic nitrogens is 2. The summed E-state index contributed by atoms with van der Waals surface area (Å²) < 4.78 is 14.9. The molecule has 4 nitrogen and oxygen atoms in total. The van der Waals surface area contributed by atoms with Gasteiger partial charge >= 0.3 is 0 Å². The van der Waals surface area contributed by atoms with Crippen LogP contribution < -0.4 is 5.56 Å². The summed E-state index contributed by atoms with van der Waals surface area (Å²) in [6, 6.07) is 13.9. The van der Waals surface area contributed by atoms with Gasteiger partial charge in [0.25, 0.3) is 5.56 Å². The number of benzene rings is 2. The van der Waals surface area contributed by atoms with Crippen LogP contribution in [0.3, 0.4) is 0 Å². The Bertz CT molecular complexity index is 961. The number of rotatable bonds is 5. The summed E-state index contributed by atoms with van der Waals surface area (Å²) >= 11 is 0. The maximum absolute atomic E-state index is 13.3. The summed E-state index contributed by atoms with van der Waals surface area (Å²) in [5, 5.41) is 9.28. The van der Waals surface area contributed by atoms with Crippen LogP contribution in [0.25, 0.3) is 11.4 Å². The van der Waals surface area contributed by atoms with E-state index in [9.17, 15) is 14.3 Å². The van der Waals surface area contributed by atoms with Crippen molar-refractivity contribution in [3.8, 4) is 11.4 Å². The smallest absolute Gasteiger partial charge is 0.257 e. The SMILES string of the molecule is Cc1ccc(Cn2c(-c3ccc(F)cc3)nc(C)c(CCO)c2=O)cc1. The molecule has 1 N–H and O–H groups in total. The average molecular weight is 352 g/mol. The second kappa shape index (κ2) is 7.62. The van der Waals surface area contributed by atoms with E-state index in [1.165, 1.54) is 12.1 Å². The molecule has 3 rings (SSSR count). The third-order valence-corrected chi connectivity index (χ3v) is 4.39. The fourth-order valence-corrected chi connectivity index (χ4v) is 2.94. The monoisotopic (exact) mass is 352 g/mol. The van der Waals surface area contributed by atoms with Crippen LogP contribution in [0, 0.1) is 19.7 Å². The number of nitrogens with zero attached hydrogens (tertiary/aromatic N) is 2. The molecule has 0 aliphatic carbocycles. The molecule has 5 heteroatoms. The van der Waals surface area contributed by atoms with E-state index in [0.717, 1.165) is 11.1 Å². The molecule has 0 radical (unpaired) electrons. The minimum Gasteiger partial charge on any atom is -0.396 e. The largest absolute Gasteiger partial charge is 0.396 e. The van der Waals surface area contributed by atoms with Crippen molar-refractivity contribution < 1.29 is 9.50 Å². The summed E-state index contributed by atoms with van der Waals surface area (Å²) in [7, 11) is 0. The van der Waals surface area contributed by atoms with Gasteiger partial charge in [0, 0.05) is 29.8 Å². The van der Waals surface area contributed by atoms with Gasteiger partial charge in [-0.2, -0.15) is 0 Å². The molecule has 3 aromatic rings. The standard InChI is InChI=1S/C21H21FN2O2/c1-14-3-5-16(6-4-14)13-24-20(17-7-9-18(22)10-8-17)23-15(2)19(11-12-25)21(24)26/h3-10,25H,11-13H2,1-2H3. The lowest BCUT2D eigenvalue weighted by Gasteiger charge is -2.16. The Hall–Kier alpha value is -2.79. The molecule has 134 valence electrons. The fourth-order valence-electron chi connectivity index (χ4n) is 2.94. The van der Waals surface area contributed by atoms with Crippen molar-refractivity contribution in [2.24, 2.45) is 0 Å². The molecule has 0 atom stereocenters. The number of hydrogen-bond acceptors (Lipinski definition) is 3. The molecule has 0 bridgehead atoms. The molecule has 0 aliphatic rings. The third-order valence-electron chi connectivity index (χ3n) is 4.39. The highest BCUT2D eigenvalue weighted by Gasteiger charge is 2.16. The van der Waals surface area contributed by atoms with E-state index in [-0.39, 0.29) is 24.4 Å². The van der Waals surface area contributed by atoms with Gasteiger partial charge in [-0.3, -0.25) is 9.36 Å². The molecule has 0 saturated heterocycles. The molecule has 26 heavy (non-hydrogen) atoms. The Morgan fingerprint density at radius 3 is 2.31 bits per heavy atom. The van der Waals surface area contributed by atoms with E-state index < -0.39 is 0 Å². The molecule has 1 aromatic heterocycles. The quantitative estimate of drug-likeness (QED) is 0.767. The van der Waals surface area contributed by atoms with Crippen molar-refractivity contribution in [3.05, 3.63) is 87.1 Å². The molecule has 0 saturated carbocycles.